The van der Waals surface area contributed by atoms with E-state index in [0.29, 0.717) is 26.1 Å². The molecule has 0 bridgehead atoms. The van der Waals surface area contributed by atoms with E-state index in [1.54, 1.807) is 4.90 Å². The second-order valence-corrected chi connectivity index (χ2v) is 5.36. The van der Waals surface area contributed by atoms with Gasteiger partial charge in [-0.2, -0.15) is 0 Å². The SMILES string of the molecule is Cc1ccc(OCCC(=O)N2CCCNC(=O)C2)cc1C. The van der Waals surface area contributed by atoms with Crippen molar-refractivity contribution in [3.8, 4) is 5.75 Å². The molecule has 1 aliphatic heterocycles. The molecule has 1 saturated heterocycles. The first-order valence-electron chi connectivity index (χ1n) is 7.31. The molecule has 0 spiro atoms. The first-order valence-corrected chi connectivity index (χ1v) is 7.31. The van der Waals surface area contributed by atoms with Crippen LogP contribution in [0.5, 0.6) is 5.75 Å². The van der Waals surface area contributed by atoms with Crippen LogP contribution in [0.2, 0.25) is 0 Å². The number of ether oxygens (including phenoxy) is 1. The number of nitrogens with zero attached hydrogens (tertiary/aromatic N) is 1. The lowest BCUT2D eigenvalue weighted by Gasteiger charge is -2.19. The number of nitrogens with one attached hydrogen (secondary N) is 1. The second-order valence-electron chi connectivity index (χ2n) is 5.36. The van der Waals surface area contributed by atoms with Gasteiger partial charge in [0.2, 0.25) is 11.8 Å². The lowest BCUT2D eigenvalue weighted by molar-refractivity contribution is -0.135. The predicted octanol–water partition coefficient (Wildman–Crippen LogP) is 1.42. The number of carbonyl (C=O) groups is 2. The quantitative estimate of drug-likeness (QED) is 0.912. The fourth-order valence-corrected chi connectivity index (χ4v) is 2.24. The summed E-state index contributed by atoms with van der Waals surface area (Å²) in [5.74, 6) is 0.659. The number of aryl methyl sites for hydroxylation is 2. The summed E-state index contributed by atoms with van der Waals surface area (Å²) in [6, 6.07) is 5.89. The van der Waals surface area contributed by atoms with Gasteiger partial charge in [0.1, 0.15) is 5.75 Å². The van der Waals surface area contributed by atoms with Crippen molar-refractivity contribution < 1.29 is 14.3 Å². The van der Waals surface area contributed by atoms with E-state index in [4.69, 9.17) is 4.74 Å². The Labute approximate surface area is 125 Å². The number of rotatable bonds is 4. The summed E-state index contributed by atoms with van der Waals surface area (Å²) >= 11 is 0. The Balaban J connectivity index is 1.80. The molecule has 1 aromatic carbocycles. The molecule has 0 radical (unpaired) electrons. The van der Waals surface area contributed by atoms with Gasteiger partial charge in [-0.1, -0.05) is 6.07 Å². The minimum atomic E-state index is -0.0871. The van der Waals surface area contributed by atoms with Crippen molar-refractivity contribution in [2.75, 3.05) is 26.2 Å². The molecule has 0 unspecified atom stereocenters. The highest BCUT2D eigenvalue weighted by Gasteiger charge is 2.19. The molecule has 21 heavy (non-hydrogen) atoms. The second kappa shape index (κ2) is 7.11. The van der Waals surface area contributed by atoms with Gasteiger partial charge in [0.25, 0.3) is 0 Å². The summed E-state index contributed by atoms with van der Waals surface area (Å²) in [7, 11) is 0. The molecular weight excluding hydrogens is 268 g/mol. The Kier molecular flexibility index (Phi) is 5.20. The molecule has 0 aromatic heterocycles. The smallest absolute Gasteiger partial charge is 0.239 e. The van der Waals surface area contributed by atoms with Crippen LogP contribution in [0.15, 0.2) is 18.2 Å². The molecule has 0 saturated carbocycles. The third-order valence-corrected chi connectivity index (χ3v) is 3.68. The molecule has 1 aromatic rings. The van der Waals surface area contributed by atoms with Gasteiger partial charge in [-0.3, -0.25) is 9.59 Å². The Morgan fingerprint density at radius 1 is 1.33 bits per heavy atom. The van der Waals surface area contributed by atoms with Crippen LogP contribution in [0.4, 0.5) is 0 Å². The van der Waals surface area contributed by atoms with E-state index in [1.807, 2.05) is 32.0 Å². The number of hydrogen-bond acceptors (Lipinski definition) is 3. The minimum absolute atomic E-state index is 0.0316. The van der Waals surface area contributed by atoms with E-state index in [2.05, 4.69) is 5.32 Å². The van der Waals surface area contributed by atoms with Gasteiger partial charge in [0.05, 0.1) is 19.6 Å². The van der Waals surface area contributed by atoms with E-state index in [9.17, 15) is 9.59 Å². The van der Waals surface area contributed by atoms with Crippen LogP contribution in [0, 0.1) is 13.8 Å². The fraction of sp³-hybridized carbons (Fsp3) is 0.500. The van der Waals surface area contributed by atoms with E-state index in [1.165, 1.54) is 11.1 Å². The number of hydrogen-bond donors (Lipinski definition) is 1. The average molecular weight is 290 g/mol. The molecule has 1 N–H and O–H groups in total. The normalized spacial score (nSPS) is 15.3. The van der Waals surface area contributed by atoms with Crippen molar-refractivity contribution in [2.45, 2.75) is 26.7 Å². The Morgan fingerprint density at radius 2 is 2.14 bits per heavy atom. The zero-order valence-corrected chi connectivity index (χ0v) is 12.6. The van der Waals surface area contributed by atoms with Gasteiger partial charge in [0.15, 0.2) is 0 Å². The monoisotopic (exact) mass is 290 g/mol. The Morgan fingerprint density at radius 3 is 2.90 bits per heavy atom. The molecule has 1 aliphatic rings. The molecule has 0 aliphatic carbocycles. The van der Waals surface area contributed by atoms with Crippen LogP contribution < -0.4 is 10.1 Å². The van der Waals surface area contributed by atoms with Crippen LogP contribution >= 0.6 is 0 Å². The molecular formula is C16H22N2O3. The van der Waals surface area contributed by atoms with Crippen molar-refractivity contribution in [1.29, 1.82) is 0 Å². The fourth-order valence-electron chi connectivity index (χ4n) is 2.24. The lowest BCUT2D eigenvalue weighted by Crippen LogP contribution is -2.37. The molecule has 5 heteroatoms. The van der Waals surface area contributed by atoms with E-state index in [-0.39, 0.29) is 18.4 Å². The highest BCUT2D eigenvalue weighted by Crippen LogP contribution is 2.16. The topological polar surface area (TPSA) is 58.6 Å². The van der Waals surface area contributed by atoms with Crippen molar-refractivity contribution in [3.05, 3.63) is 29.3 Å². The highest BCUT2D eigenvalue weighted by molar-refractivity contribution is 5.85. The largest absolute Gasteiger partial charge is 0.493 e. The maximum absolute atomic E-state index is 12.1. The van der Waals surface area contributed by atoms with Gasteiger partial charge in [-0.05, 0) is 43.5 Å². The highest BCUT2D eigenvalue weighted by atomic mass is 16.5. The number of carbonyl (C=O) groups excluding carboxylic acids is 2. The molecule has 2 amide bonds. The van der Waals surface area contributed by atoms with E-state index >= 15 is 0 Å². The summed E-state index contributed by atoms with van der Waals surface area (Å²) in [5.41, 5.74) is 2.39. The maximum Gasteiger partial charge on any atom is 0.239 e. The van der Waals surface area contributed by atoms with Gasteiger partial charge in [-0.15, -0.1) is 0 Å². The Bertz CT molecular complexity index is 528. The van der Waals surface area contributed by atoms with Gasteiger partial charge in [-0.25, -0.2) is 0 Å². The summed E-state index contributed by atoms with van der Waals surface area (Å²) in [6.07, 6.45) is 1.09. The molecule has 2 rings (SSSR count). The molecule has 0 atom stereocenters. The number of amides is 2. The first kappa shape index (κ1) is 15.4. The van der Waals surface area contributed by atoms with Crippen LogP contribution in [0.1, 0.15) is 24.0 Å². The molecule has 5 nitrogen and oxygen atoms in total. The van der Waals surface area contributed by atoms with Crippen LogP contribution in [0.3, 0.4) is 0 Å². The summed E-state index contributed by atoms with van der Waals surface area (Å²) in [5, 5.41) is 2.76. The zero-order chi connectivity index (χ0) is 15.2. The van der Waals surface area contributed by atoms with Crippen LogP contribution in [-0.2, 0) is 9.59 Å². The molecule has 1 heterocycles. The number of benzene rings is 1. The zero-order valence-electron chi connectivity index (χ0n) is 12.6. The third-order valence-electron chi connectivity index (χ3n) is 3.68. The van der Waals surface area contributed by atoms with Crippen molar-refractivity contribution in [1.82, 2.24) is 10.2 Å². The van der Waals surface area contributed by atoms with Crippen LogP contribution in [0.25, 0.3) is 0 Å². The van der Waals surface area contributed by atoms with Gasteiger partial charge < -0.3 is 15.0 Å². The predicted molar refractivity (Wildman–Crippen MR) is 80.2 cm³/mol. The van der Waals surface area contributed by atoms with Crippen molar-refractivity contribution >= 4 is 11.8 Å². The van der Waals surface area contributed by atoms with Gasteiger partial charge >= 0.3 is 0 Å². The maximum atomic E-state index is 12.1. The van der Waals surface area contributed by atoms with Crippen molar-refractivity contribution in [3.63, 3.8) is 0 Å². The molecule has 1 fully saturated rings. The summed E-state index contributed by atoms with van der Waals surface area (Å²) in [6.45, 7) is 5.83. The first-order chi connectivity index (χ1) is 10.1. The van der Waals surface area contributed by atoms with E-state index < -0.39 is 0 Å². The standard InChI is InChI=1S/C16H22N2O3/c1-12-4-5-14(10-13(12)2)21-9-6-16(20)18-8-3-7-17-15(19)11-18/h4-5,10H,3,6-9,11H2,1-2H3,(H,17,19). The Hall–Kier alpha value is -2.04. The summed E-state index contributed by atoms with van der Waals surface area (Å²) < 4.78 is 5.61. The lowest BCUT2D eigenvalue weighted by atomic mass is 10.1. The third kappa shape index (κ3) is 4.48. The van der Waals surface area contributed by atoms with Crippen molar-refractivity contribution in [2.24, 2.45) is 0 Å². The summed E-state index contributed by atoms with van der Waals surface area (Å²) in [4.78, 5) is 25.1. The van der Waals surface area contributed by atoms with E-state index in [0.717, 1.165) is 12.2 Å². The van der Waals surface area contributed by atoms with Gasteiger partial charge in [0, 0.05) is 13.1 Å². The van der Waals surface area contributed by atoms with Crippen LogP contribution in [-0.4, -0.2) is 43.0 Å². The minimum Gasteiger partial charge on any atom is -0.493 e. The average Bonchev–Trinajstić information content (AvgIpc) is 2.67. The molecule has 114 valence electrons.